The largest absolute Gasteiger partial charge is 0.299 e. The van der Waals surface area contributed by atoms with Gasteiger partial charge in [-0.15, -0.1) is 0 Å². The fourth-order valence-corrected chi connectivity index (χ4v) is 2.56. The average molecular weight is 268 g/mol. The Labute approximate surface area is 119 Å². The van der Waals surface area contributed by atoms with Crippen LogP contribution in [0.25, 0.3) is 0 Å². The van der Waals surface area contributed by atoms with Gasteiger partial charge in [0.25, 0.3) is 0 Å². The second-order valence-electron chi connectivity index (χ2n) is 7.05. The molecule has 2 unspecified atom stereocenters. The summed E-state index contributed by atoms with van der Waals surface area (Å²) >= 11 is 0. The minimum absolute atomic E-state index is 0.00935. The number of hydrogen-bond donors (Lipinski definition) is 0. The number of rotatable bonds is 8. The molecule has 2 heteroatoms. The minimum atomic E-state index is 0.00935. The van der Waals surface area contributed by atoms with Crippen LogP contribution in [-0.4, -0.2) is 11.6 Å². The molecule has 0 rings (SSSR count). The molecule has 0 aliphatic rings. The molecule has 0 saturated heterocycles. The van der Waals surface area contributed by atoms with Gasteiger partial charge in [0.1, 0.15) is 11.6 Å². The lowest BCUT2D eigenvalue weighted by atomic mass is 9.74. The Morgan fingerprint density at radius 1 is 0.632 bits per heavy atom. The maximum absolute atomic E-state index is 12.3. The quantitative estimate of drug-likeness (QED) is 0.655. The van der Waals surface area contributed by atoms with Gasteiger partial charge in [-0.05, 0) is 18.3 Å². The molecule has 0 fully saturated rings. The third-order valence-corrected chi connectivity index (χ3v) is 3.99. The third-order valence-electron chi connectivity index (χ3n) is 3.99. The van der Waals surface area contributed by atoms with Crippen molar-refractivity contribution in [3.63, 3.8) is 0 Å². The normalized spacial score (nSPS) is 15.4. The van der Waals surface area contributed by atoms with E-state index in [4.69, 9.17) is 0 Å². The van der Waals surface area contributed by atoms with E-state index < -0.39 is 0 Å². The van der Waals surface area contributed by atoms with E-state index in [1.807, 2.05) is 27.7 Å². The zero-order valence-electron chi connectivity index (χ0n) is 14.0. The second-order valence-corrected chi connectivity index (χ2v) is 7.05. The first-order valence-corrected chi connectivity index (χ1v) is 7.66. The van der Waals surface area contributed by atoms with Gasteiger partial charge in [-0.25, -0.2) is 0 Å². The van der Waals surface area contributed by atoms with E-state index in [0.29, 0.717) is 29.8 Å². The molecule has 0 aliphatic carbocycles. The van der Waals surface area contributed by atoms with E-state index >= 15 is 0 Å². The van der Waals surface area contributed by atoms with Gasteiger partial charge in [-0.2, -0.15) is 0 Å². The van der Waals surface area contributed by atoms with Gasteiger partial charge in [0.05, 0.1) is 0 Å². The Balaban J connectivity index is 5.07. The van der Waals surface area contributed by atoms with Gasteiger partial charge in [-0.1, -0.05) is 55.4 Å². The lowest BCUT2D eigenvalue weighted by Gasteiger charge is -2.29. The molecule has 0 aliphatic heterocycles. The van der Waals surface area contributed by atoms with E-state index in [0.717, 1.165) is 0 Å². The SMILES string of the molecule is CC(C)C(=O)C(CC(C(=O)C(C)C)C(C)C)C(C)C. The molecular weight excluding hydrogens is 236 g/mol. The van der Waals surface area contributed by atoms with Crippen molar-refractivity contribution in [1.82, 2.24) is 0 Å². The summed E-state index contributed by atoms with van der Waals surface area (Å²) in [7, 11) is 0. The Morgan fingerprint density at radius 3 is 1.05 bits per heavy atom. The van der Waals surface area contributed by atoms with Crippen LogP contribution in [0.2, 0.25) is 0 Å². The van der Waals surface area contributed by atoms with Crippen LogP contribution in [0.5, 0.6) is 0 Å². The monoisotopic (exact) mass is 268 g/mol. The molecule has 0 N–H and O–H groups in total. The van der Waals surface area contributed by atoms with Crippen LogP contribution in [-0.2, 0) is 9.59 Å². The van der Waals surface area contributed by atoms with Gasteiger partial charge in [0, 0.05) is 23.7 Å². The van der Waals surface area contributed by atoms with Gasteiger partial charge in [0.15, 0.2) is 0 Å². The minimum Gasteiger partial charge on any atom is -0.299 e. The van der Waals surface area contributed by atoms with Crippen molar-refractivity contribution < 1.29 is 9.59 Å². The molecule has 0 aromatic heterocycles. The van der Waals surface area contributed by atoms with E-state index in [9.17, 15) is 9.59 Å². The van der Waals surface area contributed by atoms with Crippen LogP contribution in [0, 0.1) is 35.5 Å². The first kappa shape index (κ1) is 18.3. The van der Waals surface area contributed by atoms with Crippen molar-refractivity contribution in [3.8, 4) is 0 Å². The fraction of sp³-hybridized carbons (Fsp3) is 0.882. The van der Waals surface area contributed by atoms with Crippen molar-refractivity contribution in [3.05, 3.63) is 0 Å². The zero-order valence-corrected chi connectivity index (χ0v) is 14.0. The second kappa shape index (κ2) is 7.81. The van der Waals surface area contributed by atoms with Crippen molar-refractivity contribution in [2.75, 3.05) is 0 Å². The molecule has 2 atom stereocenters. The van der Waals surface area contributed by atoms with Crippen LogP contribution in [0.1, 0.15) is 61.8 Å². The lowest BCUT2D eigenvalue weighted by molar-refractivity contribution is -0.131. The first-order valence-electron chi connectivity index (χ1n) is 7.66. The molecule has 112 valence electrons. The molecule has 19 heavy (non-hydrogen) atoms. The van der Waals surface area contributed by atoms with Crippen molar-refractivity contribution in [1.29, 1.82) is 0 Å². The highest BCUT2D eigenvalue weighted by molar-refractivity contribution is 5.86. The van der Waals surface area contributed by atoms with Gasteiger partial charge < -0.3 is 0 Å². The van der Waals surface area contributed by atoms with Crippen molar-refractivity contribution in [2.45, 2.75) is 61.8 Å². The van der Waals surface area contributed by atoms with Crippen molar-refractivity contribution >= 4 is 11.6 Å². The standard InChI is InChI=1S/C17H32O2/c1-10(2)14(16(18)12(5)6)9-15(11(3)4)17(19)13(7)8/h10-15H,9H2,1-8H3. The molecule has 2 nitrogen and oxygen atoms in total. The number of Topliss-reactive ketones (excluding diaryl/α,β-unsaturated/α-hetero) is 2. The molecule has 0 saturated carbocycles. The van der Waals surface area contributed by atoms with E-state index in [2.05, 4.69) is 27.7 Å². The van der Waals surface area contributed by atoms with Crippen LogP contribution in [0.3, 0.4) is 0 Å². The Morgan fingerprint density at radius 2 is 0.895 bits per heavy atom. The van der Waals surface area contributed by atoms with E-state index in [1.165, 1.54) is 0 Å². The molecule has 0 radical (unpaired) electrons. The summed E-state index contributed by atoms with van der Waals surface area (Å²) in [6.45, 7) is 16.1. The Bertz CT molecular complexity index is 270. The van der Waals surface area contributed by atoms with E-state index in [-0.39, 0.29) is 23.7 Å². The van der Waals surface area contributed by atoms with Crippen LogP contribution >= 0.6 is 0 Å². The number of carbonyl (C=O) groups is 2. The highest BCUT2D eigenvalue weighted by atomic mass is 16.1. The summed E-state index contributed by atoms with van der Waals surface area (Å²) < 4.78 is 0. The number of ketones is 2. The van der Waals surface area contributed by atoms with Gasteiger partial charge in [-0.3, -0.25) is 9.59 Å². The molecule has 0 heterocycles. The highest BCUT2D eigenvalue weighted by Gasteiger charge is 2.32. The topological polar surface area (TPSA) is 34.1 Å². The van der Waals surface area contributed by atoms with Crippen LogP contribution in [0.4, 0.5) is 0 Å². The highest BCUT2D eigenvalue weighted by Crippen LogP contribution is 2.30. The van der Waals surface area contributed by atoms with E-state index in [1.54, 1.807) is 0 Å². The summed E-state index contributed by atoms with van der Waals surface area (Å²) in [5.41, 5.74) is 0. The summed E-state index contributed by atoms with van der Waals surface area (Å²) in [5.74, 6) is 1.33. The van der Waals surface area contributed by atoms with Gasteiger partial charge >= 0.3 is 0 Å². The molecule has 0 amide bonds. The molecule has 0 bridgehead atoms. The third kappa shape index (κ3) is 5.46. The predicted octanol–water partition coefficient (Wildman–Crippen LogP) is 4.37. The zero-order chi connectivity index (χ0) is 15.3. The number of hydrogen-bond acceptors (Lipinski definition) is 2. The molecule has 0 aromatic carbocycles. The molecule has 0 aromatic rings. The van der Waals surface area contributed by atoms with Crippen molar-refractivity contribution in [2.24, 2.45) is 35.5 Å². The first-order chi connectivity index (χ1) is 8.59. The average Bonchev–Trinajstić information content (AvgIpc) is 2.27. The summed E-state index contributed by atoms with van der Waals surface area (Å²) in [6.07, 6.45) is 0.712. The number of carbonyl (C=O) groups excluding carboxylic acids is 2. The summed E-state index contributed by atoms with van der Waals surface area (Å²) in [5, 5.41) is 0. The van der Waals surface area contributed by atoms with Crippen LogP contribution < -0.4 is 0 Å². The molecule has 0 spiro atoms. The predicted molar refractivity (Wildman–Crippen MR) is 81.0 cm³/mol. The maximum Gasteiger partial charge on any atom is 0.138 e. The van der Waals surface area contributed by atoms with Crippen LogP contribution in [0.15, 0.2) is 0 Å². The Hall–Kier alpha value is -0.660. The lowest BCUT2D eigenvalue weighted by Crippen LogP contribution is -2.33. The molecular formula is C17H32O2. The smallest absolute Gasteiger partial charge is 0.138 e. The van der Waals surface area contributed by atoms with Gasteiger partial charge in [0.2, 0.25) is 0 Å². The summed E-state index contributed by atoms with van der Waals surface area (Å²) in [6, 6.07) is 0. The summed E-state index contributed by atoms with van der Waals surface area (Å²) in [4.78, 5) is 24.6. The fourth-order valence-electron chi connectivity index (χ4n) is 2.56. The maximum atomic E-state index is 12.3. The Kier molecular flexibility index (Phi) is 7.54.